The molecular weight excluding hydrogens is 304 g/mol. The number of carbonyl (C=O) groups is 2. The van der Waals surface area contributed by atoms with Gasteiger partial charge >= 0.3 is 0 Å². The van der Waals surface area contributed by atoms with Gasteiger partial charge in [0.05, 0.1) is 6.04 Å². The van der Waals surface area contributed by atoms with Gasteiger partial charge in [0.2, 0.25) is 5.91 Å². The first-order valence-corrected chi connectivity index (χ1v) is 7.82. The number of benzene rings is 1. The minimum atomic E-state index is -0.708. The molecule has 1 aliphatic heterocycles. The number of ether oxygens (including phenoxy) is 1. The second-order valence-electron chi connectivity index (χ2n) is 5.38. The number of amides is 2. The number of hydrogen-bond acceptors (Lipinski definition) is 3. The van der Waals surface area contributed by atoms with Crippen molar-refractivity contribution in [3.63, 3.8) is 0 Å². The minimum Gasteiger partial charge on any atom is -0.356 e. The van der Waals surface area contributed by atoms with E-state index >= 15 is 0 Å². The highest BCUT2D eigenvalue weighted by atomic mass is 35.5. The fraction of sp³-hybridized carbons (Fsp3) is 0.500. The molecule has 1 N–H and O–H groups in total. The van der Waals surface area contributed by atoms with E-state index in [1.807, 2.05) is 12.1 Å². The predicted molar refractivity (Wildman–Crippen MR) is 84.6 cm³/mol. The van der Waals surface area contributed by atoms with E-state index in [-0.39, 0.29) is 18.4 Å². The van der Waals surface area contributed by atoms with E-state index in [1.54, 1.807) is 24.1 Å². The Kier molecular flexibility index (Phi) is 5.80. The van der Waals surface area contributed by atoms with Crippen molar-refractivity contribution < 1.29 is 14.3 Å². The average Bonchev–Trinajstić information content (AvgIpc) is 2.51. The first-order valence-electron chi connectivity index (χ1n) is 7.45. The minimum absolute atomic E-state index is 0.0769. The van der Waals surface area contributed by atoms with Crippen LogP contribution in [0.5, 0.6) is 0 Å². The summed E-state index contributed by atoms with van der Waals surface area (Å²) >= 11 is 5.91. The zero-order valence-electron chi connectivity index (χ0n) is 12.8. The molecule has 1 saturated heterocycles. The molecule has 2 amide bonds. The molecule has 22 heavy (non-hydrogen) atoms. The number of nitrogens with one attached hydrogen (secondary N) is 1. The summed E-state index contributed by atoms with van der Waals surface area (Å²) in [6.07, 6.45) is 1.21. The molecular formula is C16H21ClN2O3. The zero-order chi connectivity index (χ0) is 16.1. The maximum Gasteiger partial charge on any atom is 0.251 e. The van der Waals surface area contributed by atoms with Crippen LogP contribution >= 0.6 is 11.6 Å². The van der Waals surface area contributed by atoms with Crippen molar-refractivity contribution in [1.29, 1.82) is 0 Å². The Hall–Kier alpha value is -1.59. The summed E-state index contributed by atoms with van der Waals surface area (Å²) in [4.78, 5) is 25.9. The number of nitrogens with zero attached hydrogens (tertiary/aromatic N) is 1. The Bertz CT molecular complexity index is 533. The van der Waals surface area contributed by atoms with Crippen molar-refractivity contribution in [2.24, 2.45) is 0 Å². The molecule has 0 aliphatic carbocycles. The van der Waals surface area contributed by atoms with E-state index in [1.165, 1.54) is 0 Å². The zero-order valence-corrected chi connectivity index (χ0v) is 13.6. The summed E-state index contributed by atoms with van der Waals surface area (Å²) in [7, 11) is 1.69. The molecule has 0 bridgehead atoms. The van der Waals surface area contributed by atoms with Crippen LogP contribution in [0.15, 0.2) is 24.3 Å². The molecule has 0 unspecified atom stereocenters. The van der Waals surface area contributed by atoms with E-state index in [0.717, 1.165) is 18.4 Å². The smallest absolute Gasteiger partial charge is 0.251 e. The van der Waals surface area contributed by atoms with Crippen LogP contribution in [0.1, 0.15) is 31.4 Å². The lowest BCUT2D eigenvalue weighted by atomic mass is 9.97. The molecule has 6 heteroatoms. The number of likely N-dealkylation sites (N-methyl/N-ethyl adjacent to an activating group) is 1. The van der Waals surface area contributed by atoms with Gasteiger partial charge in [-0.05, 0) is 24.1 Å². The highest BCUT2D eigenvalue weighted by molar-refractivity contribution is 6.30. The number of rotatable bonds is 5. The van der Waals surface area contributed by atoms with Crippen LogP contribution < -0.4 is 5.32 Å². The number of carbonyl (C=O) groups excluding carboxylic acids is 2. The fourth-order valence-corrected chi connectivity index (χ4v) is 2.60. The molecule has 1 heterocycles. The van der Waals surface area contributed by atoms with Crippen LogP contribution in [-0.2, 0) is 14.3 Å². The van der Waals surface area contributed by atoms with Gasteiger partial charge in [0.25, 0.3) is 5.91 Å². The first-order chi connectivity index (χ1) is 10.5. The summed E-state index contributed by atoms with van der Waals surface area (Å²) in [5.41, 5.74) is 0.829. The molecule has 1 fully saturated rings. The van der Waals surface area contributed by atoms with Crippen molar-refractivity contribution in [3.05, 3.63) is 34.9 Å². The van der Waals surface area contributed by atoms with Crippen LogP contribution in [0.4, 0.5) is 0 Å². The van der Waals surface area contributed by atoms with E-state index in [0.29, 0.717) is 11.6 Å². The molecule has 0 spiro atoms. The summed E-state index contributed by atoms with van der Waals surface area (Å²) < 4.78 is 5.51. The van der Waals surface area contributed by atoms with Gasteiger partial charge in [-0.1, -0.05) is 37.1 Å². The summed E-state index contributed by atoms with van der Waals surface area (Å²) in [5, 5.41) is 3.48. The van der Waals surface area contributed by atoms with E-state index in [2.05, 4.69) is 12.2 Å². The van der Waals surface area contributed by atoms with Crippen LogP contribution in [0.25, 0.3) is 0 Å². The van der Waals surface area contributed by atoms with Gasteiger partial charge in [0.15, 0.2) is 6.10 Å². The van der Waals surface area contributed by atoms with E-state index in [4.69, 9.17) is 16.3 Å². The third-order valence-electron chi connectivity index (χ3n) is 3.78. The van der Waals surface area contributed by atoms with Crippen molar-refractivity contribution in [2.75, 3.05) is 20.2 Å². The monoisotopic (exact) mass is 324 g/mol. The van der Waals surface area contributed by atoms with Gasteiger partial charge in [0.1, 0.15) is 6.61 Å². The number of hydrogen-bond donors (Lipinski definition) is 1. The van der Waals surface area contributed by atoms with E-state index in [9.17, 15) is 9.59 Å². The quantitative estimate of drug-likeness (QED) is 0.844. The molecule has 0 radical (unpaired) electrons. The number of unbranched alkanes of at least 4 members (excludes halogenated alkanes) is 1. The standard InChI is InChI=1S/C16H21ClN2O3/c1-3-4-9-18-16(21)15-14(19(2)13(20)10-22-15)11-5-7-12(17)8-6-11/h5-8,14-15H,3-4,9-10H2,1-2H3,(H,18,21)/t14-,15-/m1/s1. The summed E-state index contributed by atoms with van der Waals surface area (Å²) in [6, 6.07) is 6.68. The molecule has 5 nitrogen and oxygen atoms in total. The largest absolute Gasteiger partial charge is 0.356 e. The molecule has 1 aromatic carbocycles. The van der Waals surface area contributed by atoms with Gasteiger partial charge in [-0.15, -0.1) is 0 Å². The maximum absolute atomic E-state index is 12.4. The SMILES string of the molecule is CCCCNC(=O)[C@@H]1OCC(=O)N(C)[C@@H]1c1ccc(Cl)cc1. The second-order valence-corrected chi connectivity index (χ2v) is 5.81. The Balaban J connectivity index is 2.20. The van der Waals surface area contributed by atoms with Crippen LogP contribution in [0.3, 0.4) is 0 Å². The van der Waals surface area contributed by atoms with Crippen molar-refractivity contribution in [1.82, 2.24) is 10.2 Å². The van der Waals surface area contributed by atoms with Crippen LogP contribution in [0, 0.1) is 0 Å². The van der Waals surface area contributed by atoms with Gasteiger partial charge in [-0.2, -0.15) is 0 Å². The van der Waals surface area contributed by atoms with Gasteiger partial charge in [-0.3, -0.25) is 9.59 Å². The Morgan fingerprint density at radius 3 is 2.73 bits per heavy atom. The summed E-state index contributed by atoms with van der Waals surface area (Å²) in [5.74, 6) is -0.328. The van der Waals surface area contributed by atoms with E-state index < -0.39 is 12.1 Å². The topological polar surface area (TPSA) is 58.6 Å². The molecule has 0 saturated carbocycles. The van der Waals surface area contributed by atoms with Gasteiger partial charge in [-0.25, -0.2) is 0 Å². The van der Waals surface area contributed by atoms with Crippen LogP contribution in [-0.4, -0.2) is 43.0 Å². The highest BCUT2D eigenvalue weighted by Gasteiger charge is 2.39. The number of morpholine rings is 1. The fourth-order valence-electron chi connectivity index (χ4n) is 2.48. The van der Waals surface area contributed by atoms with Crippen molar-refractivity contribution in [2.45, 2.75) is 31.9 Å². The van der Waals surface area contributed by atoms with Gasteiger partial charge in [0, 0.05) is 18.6 Å². The Labute approximate surface area is 135 Å². The van der Waals surface area contributed by atoms with Crippen LogP contribution in [0.2, 0.25) is 5.02 Å². The lowest BCUT2D eigenvalue weighted by Crippen LogP contribution is -2.53. The normalized spacial score (nSPS) is 21.8. The second kappa shape index (κ2) is 7.61. The third-order valence-corrected chi connectivity index (χ3v) is 4.04. The Morgan fingerprint density at radius 2 is 2.09 bits per heavy atom. The molecule has 0 aromatic heterocycles. The highest BCUT2D eigenvalue weighted by Crippen LogP contribution is 2.30. The van der Waals surface area contributed by atoms with Gasteiger partial charge < -0.3 is 15.0 Å². The summed E-state index contributed by atoms with van der Waals surface area (Å²) in [6.45, 7) is 2.60. The number of halogens is 1. The third kappa shape index (κ3) is 3.78. The lowest BCUT2D eigenvalue weighted by molar-refractivity contribution is -0.162. The molecule has 120 valence electrons. The van der Waals surface area contributed by atoms with Crippen molar-refractivity contribution in [3.8, 4) is 0 Å². The first kappa shape index (κ1) is 16.8. The Morgan fingerprint density at radius 1 is 1.41 bits per heavy atom. The molecule has 2 atom stereocenters. The molecule has 1 aliphatic rings. The molecule has 2 rings (SSSR count). The van der Waals surface area contributed by atoms with Crippen molar-refractivity contribution >= 4 is 23.4 Å². The molecule has 1 aromatic rings. The predicted octanol–water partition coefficient (Wildman–Crippen LogP) is 2.15. The lowest BCUT2D eigenvalue weighted by Gasteiger charge is -2.38. The average molecular weight is 325 g/mol. The maximum atomic E-state index is 12.4.